The Bertz CT molecular complexity index is 391. The van der Waals surface area contributed by atoms with Gasteiger partial charge < -0.3 is 10.6 Å². The van der Waals surface area contributed by atoms with Gasteiger partial charge in [0.2, 0.25) is 0 Å². The van der Waals surface area contributed by atoms with Crippen molar-refractivity contribution in [3.05, 3.63) is 23.4 Å². The SMILES string of the molecule is CCCNC(=O)c1cc(CC)nc(NCCC)c1. The van der Waals surface area contributed by atoms with E-state index in [1.807, 2.05) is 26.0 Å². The molecule has 0 atom stereocenters. The molecule has 0 aromatic carbocycles. The van der Waals surface area contributed by atoms with E-state index in [9.17, 15) is 4.79 Å². The van der Waals surface area contributed by atoms with Gasteiger partial charge in [-0.05, 0) is 31.4 Å². The van der Waals surface area contributed by atoms with Crippen LogP contribution in [0.15, 0.2) is 12.1 Å². The van der Waals surface area contributed by atoms with E-state index >= 15 is 0 Å². The third-order valence-corrected chi connectivity index (χ3v) is 2.59. The first kappa shape index (κ1) is 14.5. The van der Waals surface area contributed by atoms with Gasteiger partial charge in [0.25, 0.3) is 5.91 Å². The topological polar surface area (TPSA) is 54.0 Å². The Hall–Kier alpha value is -1.58. The van der Waals surface area contributed by atoms with E-state index in [0.717, 1.165) is 37.3 Å². The summed E-state index contributed by atoms with van der Waals surface area (Å²) in [5, 5.41) is 6.12. The molecular formula is C14H23N3O. The molecule has 1 heterocycles. The Morgan fingerprint density at radius 2 is 1.89 bits per heavy atom. The first-order valence-electron chi connectivity index (χ1n) is 6.74. The fourth-order valence-electron chi connectivity index (χ4n) is 1.58. The Balaban J connectivity index is 2.85. The lowest BCUT2D eigenvalue weighted by Gasteiger charge is -2.09. The van der Waals surface area contributed by atoms with Crippen molar-refractivity contribution in [1.82, 2.24) is 10.3 Å². The molecule has 0 fully saturated rings. The number of carbonyl (C=O) groups excluding carboxylic acids is 1. The van der Waals surface area contributed by atoms with Crippen LogP contribution in [0.4, 0.5) is 5.82 Å². The normalized spacial score (nSPS) is 10.2. The molecule has 18 heavy (non-hydrogen) atoms. The number of rotatable bonds is 7. The van der Waals surface area contributed by atoms with Gasteiger partial charge >= 0.3 is 0 Å². The number of nitrogens with one attached hydrogen (secondary N) is 2. The molecule has 0 radical (unpaired) electrons. The number of anilines is 1. The highest BCUT2D eigenvalue weighted by Crippen LogP contribution is 2.11. The summed E-state index contributed by atoms with van der Waals surface area (Å²) in [6, 6.07) is 3.68. The third kappa shape index (κ3) is 4.35. The van der Waals surface area contributed by atoms with Gasteiger partial charge in [0.05, 0.1) is 0 Å². The maximum Gasteiger partial charge on any atom is 0.251 e. The summed E-state index contributed by atoms with van der Waals surface area (Å²) in [5.41, 5.74) is 1.63. The lowest BCUT2D eigenvalue weighted by Crippen LogP contribution is -2.24. The van der Waals surface area contributed by atoms with Crippen LogP contribution in [0.5, 0.6) is 0 Å². The molecule has 2 N–H and O–H groups in total. The maximum absolute atomic E-state index is 11.9. The molecule has 1 rings (SSSR count). The number of hydrogen-bond acceptors (Lipinski definition) is 3. The minimum atomic E-state index is -0.0199. The first-order valence-corrected chi connectivity index (χ1v) is 6.74. The van der Waals surface area contributed by atoms with Crippen molar-refractivity contribution in [3.63, 3.8) is 0 Å². The van der Waals surface area contributed by atoms with E-state index in [1.165, 1.54) is 0 Å². The van der Waals surface area contributed by atoms with Crippen LogP contribution in [0.3, 0.4) is 0 Å². The number of amides is 1. The molecule has 0 spiro atoms. The van der Waals surface area contributed by atoms with E-state index < -0.39 is 0 Å². The molecule has 4 heteroatoms. The summed E-state index contributed by atoms with van der Waals surface area (Å²) in [6.45, 7) is 7.76. The van der Waals surface area contributed by atoms with Crippen LogP contribution in [0.1, 0.15) is 49.7 Å². The molecule has 100 valence electrons. The first-order chi connectivity index (χ1) is 8.71. The van der Waals surface area contributed by atoms with Crippen LogP contribution < -0.4 is 10.6 Å². The molecule has 4 nitrogen and oxygen atoms in total. The van der Waals surface area contributed by atoms with Gasteiger partial charge in [0, 0.05) is 24.3 Å². The fraction of sp³-hybridized carbons (Fsp3) is 0.571. The summed E-state index contributed by atoms with van der Waals surface area (Å²) < 4.78 is 0. The highest BCUT2D eigenvalue weighted by Gasteiger charge is 2.08. The number of carbonyl (C=O) groups is 1. The third-order valence-electron chi connectivity index (χ3n) is 2.59. The lowest BCUT2D eigenvalue weighted by atomic mass is 10.1. The second kappa shape index (κ2) is 7.69. The molecule has 0 aliphatic rings. The van der Waals surface area contributed by atoms with Crippen molar-refractivity contribution < 1.29 is 4.79 Å². The second-order valence-corrected chi connectivity index (χ2v) is 4.27. The predicted molar refractivity (Wildman–Crippen MR) is 75.0 cm³/mol. The zero-order chi connectivity index (χ0) is 13.4. The molecule has 1 aromatic heterocycles. The molecule has 0 saturated heterocycles. The van der Waals surface area contributed by atoms with Crippen molar-refractivity contribution in [1.29, 1.82) is 0 Å². The monoisotopic (exact) mass is 249 g/mol. The molecule has 0 aliphatic carbocycles. The van der Waals surface area contributed by atoms with E-state index in [1.54, 1.807) is 0 Å². The van der Waals surface area contributed by atoms with Gasteiger partial charge in [-0.2, -0.15) is 0 Å². The Morgan fingerprint density at radius 3 is 2.50 bits per heavy atom. The smallest absolute Gasteiger partial charge is 0.251 e. The maximum atomic E-state index is 11.9. The van der Waals surface area contributed by atoms with Crippen molar-refractivity contribution in [2.24, 2.45) is 0 Å². The van der Waals surface area contributed by atoms with Crippen LogP contribution in [-0.2, 0) is 6.42 Å². The molecule has 1 aromatic rings. The quantitative estimate of drug-likeness (QED) is 0.781. The molecule has 0 unspecified atom stereocenters. The van der Waals surface area contributed by atoms with Gasteiger partial charge in [0.15, 0.2) is 0 Å². The van der Waals surface area contributed by atoms with Crippen molar-refractivity contribution in [2.75, 3.05) is 18.4 Å². The number of hydrogen-bond donors (Lipinski definition) is 2. The summed E-state index contributed by atoms with van der Waals surface area (Å²) in [4.78, 5) is 16.4. The number of aromatic nitrogens is 1. The lowest BCUT2D eigenvalue weighted by molar-refractivity contribution is 0.0953. The molecule has 0 aliphatic heterocycles. The van der Waals surface area contributed by atoms with Crippen LogP contribution in [0.25, 0.3) is 0 Å². The summed E-state index contributed by atoms with van der Waals surface area (Å²) in [6.07, 6.45) is 2.81. The van der Waals surface area contributed by atoms with Crippen LogP contribution in [0, 0.1) is 0 Å². The van der Waals surface area contributed by atoms with Gasteiger partial charge in [-0.15, -0.1) is 0 Å². The second-order valence-electron chi connectivity index (χ2n) is 4.27. The van der Waals surface area contributed by atoms with E-state index in [2.05, 4.69) is 22.5 Å². The van der Waals surface area contributed by atoms with Gasteiger partial charge in [-0.25, -0.2) is 4.98 Å². The number of pyridine rings is 1. The van der Waals surface area contributed by atoms with Gasteiger partial charge in [-0.3, -0.25) is 4.79 Å². The van der Waals surface area contributed by atoms with E-state index in [4.69, 9.17) is 0 Å². The van der Waals surface area contributed by atoms with E-state index in [-0.39, 0.29) is 5.91 Å². The van der Waals surface area contributed by atoms with Crippen molar-refractivity contribution in [3.8, 4) is 0 Å². The molecule has 0 saturated carbocycles. The molecule has 0 bridgehead atoms. The van der Waals surface area contributed by atoms with Crippen molar-refractivity contribution in [2.45, 2.75) is 40.0 Å². The standard InChI is InChI=1S/C14H23N3O/c1-4-7-15-13-10-11(9-12(6-3)17-13)14(18)16-8-5-2/h9-10H,4-8H2,1-3H3,(H,15,17)(H,16,18). The Morgan fingerprint density at radius 1 is 1.17 bits per heavy atom. The number of nitrogens with zero attached hydrogens (tertiary/aromatic N) is 1. The van der Waals surface area contributed by atoms with E-state index in [0.29, 0.717) is 12.1 Å². The molecular weight excluding hydrogens is 226 g/mol. The zero-order valence-corrected chi connectivity index (χ0v) is 11.5. The summed E-state index contributed by atoms with van der Waals surface area (Å²) in [7, 11) is 0. The summed E-state index contributed by atoms with van der Waals surface area (Å²) in [5.74, 6) is 0.770. The summed E-state index contributed by atoms with van der Waals surface area (Å²) >= 11 is 0. The largest absolute Gasteiger partial charge is 0.370 e. The Kier molecular flexibility index (Phi) is 6.19. The zero-order valence-electron chi connectivity index (χ0n) is 11.5. The van der Waals surface area contributed by atoms with Gasteiger partial charge in [-0.1, -0.05) is 20.8 Å². The van der Waals surface area contributed by atoms with Gasteiger partial charge in [0.1, 0.15) is 5.82 Å². The molecule has 1 amide bonds. The minimum absolute atomic E-state index is 0.0199. The van der Waals surface area contributed by atoms with Crippen molar-refractivity contribution >= 4 is 11.7 Å². The Labute approximate surface area is 109 Å². The minimum Gasteiger partial charge on any atom is -0.370 e. The van der Waals surface area contributed by atoms with Crippen LogP contribution >= 0.6 is 0 Å². The average Bonchev–Trinajstić information content (AvgIpc) is 2.41. The fourth-order valence-corrected chi connectivity index (χ4v) is 1.58. The number of aryl methyl sites for hydroxylation is 1. The predicted octanol–water partition coefficient (Wildman–Crippen LogP) is 2.61. The van der Waals surface area contributed by atoms with Crippen LogP contribution in [-0.4, -0.2) is 24.0 Å². The van der Waals surface area contributed by atoms with Crippen LogP contribution in [0.2, 0.25) is 0 Å². The highest BCUT2D eigenvalue weighted by molar-refractivity contribution is 5.95. The highest BCUT2D eigenvalue weighted by atomic mass is 16.1. The average molecular weight is 249 g/mol.